The molecule has 2 aromatic carbocycles. The average molecular weight is 631 g/mol. The predicted octanol–water partition coefficient (Wildman–Crippen LogP) is -0.478. The van der Waals surface area contributed by atoms with Crippen LogP contribution >= 0.6 is 0 Å². The second-order valence-electron chi connectivity index (χ2n) is 10.8. The highest BCUT2D eigenvalue weighted by atomic mass is 16.8. The lowest BCUT2D eigenvalue weighted by Crippen LogP contribution is -2.60. The molecule has 5 N–H and O–H groups in total. The summed E-state index contributed by atoms with van der Waals surface area (Å²) in [5.41, 5.74) is 0.226. The van der Waals surface area contributed by atoms with E-state index in [1.807, 2.05) is 0 Å². The zero-order valence-electron chi connectivity index (χ0n) is 24.0. The van der Waals surface area contributed by atoms with E-state index >= 15 is 0 Å². The van der Waals surface area contributed by atoms with Crippen molar-refractivity contribution in [3.8, 4) is 0 Å². The minimum Gasteiger partial charge on any atom is -0.472 e. The first-order chi connectivity index (χ1) is 21.7. The highest BCUT2D eigenvalue weighted by Crippen LogP contribution is 2.50. The molecular formula is C31H34O14. The van der Waals surface area contributed by atoms with E-state index in [0.717, 1.165) is 13.4 Å². The molecule has 0 aromatic heterocycles. The Labute approximate surface area is 257 Å². The van der Waals surface area contributed by atoms with Crippen LogP contribution in [0.5, 0.6) is 0 Å². The van der Waals surface area contributed by atoms with E-state index in [-0.39, 0.29) is 16.7 Å². The van der Waals surface area contributed by atoms with Crippen molar-refractivity contribution in [1.82, 2.24) is 0 Å². The maximum atomic E-state index is 13.3. The minimum atomic E-state index is -1.80. The Morgan fingerprint density at radius 3 is 1.84 bits per heavy atom. The number of aliphatic hydroxyl groups excluding tert-OH is 5. The first kappa shape index (κ1) is 32.5. The number of fused-ring (bicyclic) bond motifs is 1. The lowest BCUT2D eigenvalue weighted by atomic mass is 9.82. The average Bonchev–Trinajstić information content (AvgIpc) is 3.37. The number of hydrogen-bond donors (Lipinski definition) is 5. The number of carbonyl (C=O) groups excluding carboxylic acids is 3. The standard InChI is InChI=1S/C31H34O14/c1-40-29(39)18-14-41-30(45-31-24(36)23(35)22(34)19(13-33)42-31)21-17(12-32)25(43-27(37)15-8-4-2-5-9-15)26(20(18)21)44-28(38)16-10-6-3-7-11-16/h2-11,14,17,19-26,30-36H,12-13H2,1H3. The quantitative estimate of drug-likeness (QED) is 0.175. The number of ether oxygens (including phenoxy) is 6. The fraction of sp³-hybridized carbons (Fsp3) is 0.452. The topological polar surface area (TPSA) is 208 Å². The summed E-state index contributed by atoms with van der Waals surface area (Å²) in [6.45, 7) is -1.39. The first-order valence-corrected chi connectivity index (χ1v) is 14.2. The molecular weight excluding hydrogens is 596 g/mol. The molecule has 0 radical (unpaired) electrons. The summed E-state index contributed by atoms with van der Waals surface area (Å²) in [4.78, 5) is 39.6. The predicted molar refractivity (Wildman–Crippen MR) is 149 cm³/mol. The fourth-order valence-electron chi connectivity index (χ4n) is 6.01. The highest BCUT2D eigenvalue weighted by molar-refractivity contribution is 5.91. The van der Waals surface area contributed by atoms with Crippen LogP contribution in [0.1, 0.15) is 20.7 Å². The molecule has 1 saturated carbocycles. The molecule has 0 bridgehead atoms. The van der Waals surface area contributed by atoms with Crippen LogP contribution in [0.2, 0.25) is 0 Å². The van der Waals surface area contributed by atoms with Crippen molar-refractivity contribution in [3.05, 3.63) is 83.6 Å². The monoisotopic (exact) mass is 630 g/mol. The molecule has 11 atom stereocenters. The molecule has 14 heteroatoms. The molecule has 1 saturated heterocycles. The van der Waals surface area contributed by atoms with Gasteiger partial charge in [0.25, 0.3) is 0 Å². The molecule has 11 unspecified atom stereocenters. The van der Waals surface area contributed by atoms with E-state index in [9.17, 15) is 39.9 Å². The number of rotatable bonds is 9. The van der Waals surface area contributed by atoms with Gasteiger partial charge in [0.05, 0.1) is 43.3 Å². The van der Waals surface area contributed by atoms with Gasteiger partial charge in [-0.1, -0.05) is 36.4 Å². The molecule has 14 nitrogen and oxygen atoms in total. The molecule has 3 aliphatic rings. The summed E-state index contributed by atoms with van der Waals surface area (Å²) in [6.07, 6.45) is -11.3. The maximum absolute atomic E-state index is 13.3. The summed E-state index contributed by atoms with van der Waals surface area (Å²) in [6, 6.07) is 15.9. The van der Waals surface area contributed by atoms with Crippen LogP contribution in [0.4, 0.5) is 0 Å². The summed E-state index contributed by atoms with van der Waals surface area (Å²) in [7, 11) is 1.13. The van der Waals surface area contributed by atoms with Crippen molar-refractivity contribution in [2.45, 2.75) is 49.2 Å². The summed E-state index contributed by atoms with van der Waals surface area (Å²) >= 11 is 0. The van der Waals surface area contributed by atoms with Crippen molar-refractivity contribution in [2.75, 3.05) is 20.3 Å². The van der Waals surface area contributed by atoms with Gasteiger partial charge in [-0.15, -0.1) is 0 Å². The Morgan fingerprint density at radius 1 is 0.733 bits per heavy atom. The fourth-order valence-corrected chi connectivity index (χ4v) is 6.01. The molecule has 242 valence electrons. The van der Waals surface area contributed by atoms with Crippen LogP contribution in [0, 0.1) is 17.8 Å². The van der Waals surface area contributed by atoms with Crippen LogP contribution in [-0.2, 0) is 33.2 Å². The molecule has 2 heterocycles. The van der Waals surface area contributed by atoms with E-state index in [4.69, 9.17) is 28.4 Å². The van der Waals surface area contributed by atoms with E-state index in [2.05, 4.69) is 0 Å². The third kappa shape index (κ3) is 6.44. The number of esters is 3. The second kappa shape index (κ2) is 14.0. The molecule has 45 heavy (non-hydrogen) atoms. The number of hydrogen-bond acceptors (Lipinski definition) is 14. The van der Waals surface area contributed by atoms with Gasteiger partial charge in [-0.25, -0.2) is 14.4 Å². The Morgan fingerprint density at radius 2 is 1.31 bits per heavy atom. The SMILES string of the molecule is COC(=O)C1=COC(OC2OC(CO)C(O)C(O)C2O)C2C(CO)C(OC(=O)c3ccccc3)C(OC(=O)c3ccccc3)C12. The lowest BCUT2D eigenvalue weighted by molar-refractivity contribution is -0.343. The van der Waals surface area contributed by atoms with Gasteiger partial charge in [0, 0.05) is 17.8 Å². The molecule has 2 aliphatic heterocycles. The van der Waals surface area contributed by atoms with Crippen molar-refractivity contribution >= 4 is 17.9 Å². The molecule has 0 amide bonds. The van der Waals surface area contributed by atoms with Crippen LogP contribution in [-0.4, -0.2) is 113 Å². The molecule has 1 aliphatic carbocycles. The summed E-state index contributed by atoms with van der Waals surface area (Å²) < 4.78 is 33.9. The number of carbonyl (C=O) groups is 3. The highest BCUT2D eigenvalue weighted by Gasteiger charge is 2.62. The van der Waals surface area contributed by atoms with Crippen molar-refractivity contribution in [2.24, 2.45) is 17.8 Å². The van der Waals surface area contributed by atoms with Crippen LogP contribution < -0.4 is 0 Å². The summed E-state index contributed by atoms with van der Waals surface area (Å²) in [5.74, 6) is -5.78. The van der Waals surface area contributed by atoms with E-state index in [0.29, 0.717) is 0 Å². The lowest BCUT2D eigenvalue weighted by Gasteiger charge is -2.43. The maximum Gasteiger partial charge on any atom is 0.338 e. The van der Waals surface area contributed by atoms with Crippen LogP contribution in [0.15, 0.2) is 72.5 Å². The zero-order chi connectivity index (χ0) is 32.2. The summed E-state index contributed by atoms with van der Waals surface area (Å²) in [5, 5.41) is 51.4. The van der Waals surface area contributed by atoms with Crippen molar-refractivity contribution in [1.29, 1.82) is 0 Å². The Balaban J connectivity index is 1.54. The molecule has 2 fully saturated rings. The third-order valence-corrected chi connectivity index (χ3v) is 8.27. The van der Waals surface area contributed by atoms with Gasteiger partial charge in [0.15, 0.2) is 6.29 Å². The number of aliphatic hydroxyl groups is 5. The largest absolute Gasteiger partial charge is 0.472 e. The van der Waals surface area contributed by atoms with Gasteiger partial charge in [0.2, 0.25) is 6.29 Å². The third-order valence-electron chi connectivity index (χ3n) is 8.27. The smallest absolute Gasteiger partial charge is 0.338 e. The first-order valence-electron chi connectivity index (χ1n) is 14.2. The molecule has 2 aromatic rings. The van der Waals surface area contributed by atoms with Crippen molar-refractivity contribution < 1.29 is 68.3 Å². The van der Waals surface area contributed by atoms with Gasteiger partial charge in [0.1, 0.15) is 36.6 Å². The normalized spacial score (nSPS) is 34.1. The van der Waals surface area contributed by atoms with Crippen LogP contribution in [0.25, 0.3) is 0 Å². The van der Waals surface area contributed by atoms with Crippen LogP contribution in [0.3, 0.4) is 0 Å². The van der Waals surface area contributed by atoms with E-state index in [1.165, 1.54) is 24.3 Å². The van der Waals surface area contributed by atoms with Crippen molar-refractivity contribution in [3.63, 3.8) is 0 Å². The minimum absolute atomic E-state index is 0.112. The van der Waals surface area contributed by atoms with Gasteiger partial charge in [-0.3, -0.25) is 0 Å². The Hall–Kier alpha value is -3.89. The van der Waals surface area contributed by atoms with Gasteiger partial charge in [-0.2, -0.15) is 0 Å². The Kier molecular flexibility index (Phi) is 10.1. The number of benzene rings is 2. The zero-order valence-corrected chi connectivity index (χ0v) is 24.0. The Bertz CT molecular complexity index is 1360. The molecule has 0 spiro atoms. The van der Waals surface area contributed by atoms with Gasteiger partial charge >= 0.3 is 17.9 Å². The molecule has 5 rings (SSSR count). The van der Waals surface area contributed by atoms with Gasteiger partial charge in [-0.05, 0) is 24.3 Å². The van der Waals surface area contributed by atoms with E-state index < -0.39 is 98.1 Å². The second-order valence-corrected chi connectivity index (χ2v) is 10.8. The van der Waals surface area contributed by atoms with Gasteiger partial charge < -0.3 is 54.0 Å². The van der Waals surface area contributed by atoms with E-state index in [1.54, 1.807) is 36.4 Å². The number of methoxy groups -OCH3 is 1.